The molecule has 0 unspecified atom stereocenters. The molecular weight excluding hydrogens is 430 g/mol. The first kappa shape index (κ1) is 24.7. The summed E-state index contributed by atoms with van der Waals surface area (Å²) in [6.45, 7) is 0.335. The van der Waals surface area contributed by atoms with Crippen molar-refractivity contribution in [3.8, 4) is 0 Å². The molecule has 3 rings (SSSR count). The number of hydrogen-bond acceptors (Lipinski definition) is 4. The zero-order valence-electron chi connectivity index (χ0n) is 18.8. The molecule has 3 amide bonds. The molecular formula is C27H29N3O4. The Balaban J connectivity index is 1.74. The molecule has 34 heavy (non-hydrogen) atoms. The van der Waals surface area contributed by atoms with Crippen LogP contribution in [-0.4, -0.2) is 29.0 Å². The van der Waals surface area contributed by atoms with Gasteiger partial charge in [0, 0.05) is 19.4 Å². The average Bonchev–Trinajstić information content (AvgIpc) is 2.88. The second-order valence-corrected chi connectivity index (χ2v) is 8.08. The largest absolute Gasteiger partial charge is 0.350 e. The molecule has 4 N–H and O–H groups in total. The third-order valence-electron chi connectivity index (χ3n) is 5.48. The number of amides is 3. The Labute approximate surface area is 199 Å². The predicted molar refractivity (Wildman–Crippen MR) is 129 cm³/mol. The molecule has 3 aromatic rings. The Morgan fingerprint density at radius 2 is 1.18 bits per heavy atom. The van der Waals surface area contributed by atoms with E-state index in [1.807, 2.05) is 91.0 Å². The highest BCUT2D eigenvalue weighted by molar-refractivity contribution is 5.90. The molecule has 2 atom stereocenters. The molecule has 0 aliphatic heterocycles. The highest BCUT2D eigenvalue weighted by Gasteiger charge is 2.27. The van der Waals surface area contributed by atoms with Crippen molar-refractivity contribution < 1.29 is 19.6 Å². The maximum absolute atomic E-state index is 13.2. The predicted octanol–water partition coefficient (Wildman–Crippen LogP) is 2.78. The average molecular weight is 460 g/mol. The lowest BCUT2D eigenvalue weighted by Crippen LogP contribution is -2.50. The van der Waals surface area contributed by atoms with Crippen molar-refractivity contribution >= 4 is 17.7 Å². The quantitative estimate of drug-likeness (QED) is 0.261. The van der Waals surface area contributed by atoms with Crippen LogP contribution in [0.3, 0.4) is 0 Å². The third kappa shape index (κ3) is 7.86. The number of rotatable bonds is 11. The van der Waals surface area contributed by atoms with Gasteiger partial charge < -0.3 is 10.6 Å². The topological polar surface area (TPSA) is 108 Å². The van der Waals surface area contributed by atoms with Crippen molar-refractivity contribution in [2.24, 2.45) is 5.92 Å². The monoisotopic (exact) mass is 459 g/mol. The van der Waals surface area contributed by atoms with E-state index in [1.54, 1.807) is 5.48 Å². The van der Waals surface area contributed by atoms with Gasteiger partial charge in [-0.15, -0.1) is 0 Å². The molecule has 0 heterocycles. The fourth-order valence-electron chi connectivity index (χ4n) is 3.68. The lowest BCUT2D eigenvalue weighted by atomic mass is 9.94. The maximum atomic E-state index is 13.2. The van der Waals surface area contributed by atoms with Crippen LogP contribution in [-0.2, 0) is 33.8 Å². The van der Waals surface area contributed by atoms with E-state index in [4.69, 9.17) is 5.21 Å². The lowest BCUT2D eigenvalue weighted by molar-refractivity contribution is -0.136. The van der Waals surface area contributed by atoms with E-state index in [0.717, 1.165) is 16.7 Å². The lowest BCUT2D eigenvalue weighted by Gasteiger charge is -2.22. The molecule has 3 aromatic carbocycles. The smallest absolute Gasteiger partial charge is 0.244 e. The Bertz CT molecular complexity index is 1060. The second-order valence-electron chi connectivity index (χ2n) is 8.08. The SMILES string of the molecule is O=C(C[C@@H](Cc1ccccc1)C(=O)N[C@@H](Cc1ccccc1)C(=O)NCc1ccccc1)NO. The van der Waals surface area contributed by atoms with Gasteiger partial charge in [0.15, 0.2) is 0 Å². The summed E-state index contributed by atoms with van der Waals surface area (Å²) >= 11 is 0. The van der Waals surface area contributed by atoms with E-state index < -0.39 is 23.8 Å². The number of carbonyl (C=O) groups is 3. The molecule has 0 saturated heterocycles. The summed E-state index contributed by atoms with van der Waals surface area (Å²) in [5, 5.41) is 14.7. The van der Waals surface area contributed by atoms with E-state index in [1.165, 1.54) is 0 Å². The second kappa shape index (κ2) is 12.9. The summed E-state index contributed by atoms with van der Waals surface area (Å²) in [7, 11) is 0. The van der Waals surface area contributed by atoms with Crippen LogP contribution in [0.1, 0.15) is 23.1 Å². The van der Waals surface area contributed by atoms with Crippen LogP contribution in [0.4, 0.5) is 0 Å². The van der Waals surface area contributed by atoms with Crippen LogP contribution in [0.5, 0.6) is 0 Å². The van der Waals surface area contributed by atoms with Crippen molar-refractivity contribution in [2.45, 2.75) is 31.8 Å². The molecule has 0 radical (unpaired) electrons. The number of carbonyl (C=O) groups excluding carboxylic acids is 3. The van der Waals surface area contributed by atoms with E-state index in [-0.39, 0.29) is 12.3 Å². The minimum Gasteiger partial charge on any atom is -0.350 e. The number of nitrogens with one attached hydrogen (secondary N) is 3. The summed E-state index contributed by atoms with van der Waals surface area (Å²) < 4.78 is 0. The molecule has 0 aliphatic rings. The molecule has 0 fully saturated rings. The number of hydrogen-bond donors (Lipinski definition) is 4. The van der Waals surface area contributed by atoms with E-state index in [0.29, 0.717) is 19.4 Å². The third-order valence-corrected chi connectivity index (χ3v) is 5.48. The molecule has 7 heteroatoms. The summed E-state index contributed by atoms with van der Waals surface area (Å²) in [6.07, 6.45) is 0.391. The van der Waals surface area contributed by atoms with Gasteiger partial charge in [-0.05, 0) is 23.1 Å². The first-order chi connectivity index (χ1) is 16.5. The Hall–Kier alpha value is -3.97. The minimum atomic E-state index is -0.825. The van der Waals surface area contributed by atoms with Gasteiger partial charge in [0.2, 0.25) is 17.7 Å². The van der Waals surface area contributed by atoms with E-state index in [2.05, 4.69) is 10.6 Å². The van der Waals surface area contributed by atoms with Crippen molar-refractivity contribution in [3.05, 3.63) is 108 Å². The molecule has 7 nitrogen and oxygen atoms in total. The van der Waals surface area contributed by atoms with E-state index >= 15 is 0 Å². The Morgan fingerprint density at radius 3 is 1.71 bits per heavy atom. The normalized spacial score (nSPS) is 12.3. The number of benzene rings is 3. The van der Waals surface area contributed by atoms with Gasteiger partial charge in [-0.3, -0.25) is 19.6 Å². The first-order valence-electron chi connectivity index (χ1n) is 11.2. The van der Waals surface area contributed by atoms with Gasteiger partial charge in [0.1, 0.15) is 6.04 Å². The zero-order valence-corrected chi connectivity index (χ0v) is 18.8. The van der Waals surface area contributed by atoms with Crippen LogP contribution < -0.4 is 16.1 Å². The van der Waals surface area contributed by atoms with Crippen molar-refractivity contribution in [1.29, 1.82) is 0 Å². The van der Waals surface area contributed by atoms with Gasteiger partial charge in [-0.1, -0.05) is 91.0 Å². The molecule has 0 spiro atoms. The summed E-state index contributed by atoms with van der Waals surface area (Å²) in [4.78, 5) is 38.2. The fraction of sp³-hybridized carbons (Fsp3) is 0.222. The Morgan fingerprint density at radius 1 is 0.676 bits per heavy atom. The van der Waals surface area contributed by atoms with Crippen molar-refractivity contribution in [3.63, 3.8) is 0 Å². The summed E-state index contributed by atoms with van der Waals surface area (Å²) in [5.41, 5.74) is 4.31. The zero-order chi connectivity index (χ0) is 24.2. The Kier molecular flexibility index (Phi) is 9.37. The standard InChI is InChI=1S/C27H29N3O4/c31-25(30-34)18-23(16-20-10-4-1-5-11-20)26(32)29-24(17-21-12-6-2-7-13-21)27(33)28-19-22-14-8-3-9-15-22/h1-15,23-24,34H,16-19H2,(H,28,33)(H,29,32)(H,30,31)/t23-,24+/m1/s1. The van der Waals surface area contributed by atoms with Crippen LogP contribution >= 0.6 is 0 Å². The minimum absolute atomic E-state index is 0.207. The van der Waals surface area contributed by atoms with E-state index in [9.17, 15) is 14.4 Å². The molecule has 0 saturated carbocycles. The summed E-state index contributed by atoms with van der Waals surface area (Å²) in [5.74, 6) is -2.16. The van der Waals surface area contributed by atoms with Gasteiger partial charge in [0.25, 0.3) is 0 Å². The van der Waals surface area contributed by atoms with Crippen LogP contribution in [0.25, 0.3) is 0 Å². The van der Waals surface area contributed by atoms with Crippen LogP contribution in [0.15, 0.2) is 91.0 Å². The molecule has 0 aliphatic carbocycles. The maximum Gasteiger partial charge on any atom is 0.244 e. The van der Waals surface area contributed by atoms with Gasteiger partial charge >= 0.3 is 0 Å². The van der Waals surface area contributed by atoms with Gasteiger partial charge in [-0.2, -0.15) is 0 Å². The fourth-order valence-corrected chi connectivity index (χ4v) is 3.68. The summed E-state index contributed by atoms with van der Waals surface area (Å²) in [6, 6.07) is 27.4. The highest BCUT2D eigenvalue weighted by atomic mass is 16.5. The number of hydroxylamine groups is 1. The van der Waals surface area contributed by atoms with Crippen molar-refractivity contribution in [2.75, 3.05) is 0 Å². The highest BCUT2D eigenvalue weighted by Crippen LogP contribution is 2.14. The van der Waals surface area contributed by atoms with Gasteiger partial charge in [0.05, 0.1) is 5.92 Å². The molecule has 0 bridgehead atoms. The van der Waals surface area contributed by atoms with Gasteiger partial charge in [-0.25, -0.2) is 5.48 Å². The van der Waals surface area contributed by atoms with Crippen molar-refractivity contribution in [1.82, 2.24) is 16.1 Å². The van der Waals surface area contributed by atoms with Crippen LogP contribution in [0.2, 0.25) is 0 Å². The molecule has 0 aromatic heterocycles. The van der Waals surface area contributed by atoms with Crippen LogP contribution in [0, 0.1) is 5.92 Å². The first-order valence-corrected chi connectivity index (χ1v) is 11.2. The molecule has 176 valence electrons.